The van der Waals surface area contributed by atoms with Crippen LogP contribution in [0.25, 0.3) is 0 Å². The van der Waals surface area contributed by atoms with E-state index in [2.05, 4.69) is 20.5 Å². The normalized spacial score (nSPS) is 10.4. The molecular weight excluding hydrogens is 244 g/mol. The molecule has 6 heteroatoms. The van der Waals surface area contributed by atoms with Crippen LogP contribution in [0.1, 0.15) is 28.2 Å². The van der Waals surface area contributed by atoms with Gasteiger partial charge in [-0.2, -0.15) is 5.10 Å². The van der Waals surface area contributed by atoms with E-state index in [1.807, 2.05) is 6.92 Å². The van der Waals surface area contributed by atoms with Crippen molar-refractivity contribution in [1.29, 1.82) is 0 Å². The predicted molar refractivity (Wildman–Crippen MR) is 71.0 cm³/mol. The van der Waals surface area contributed by atoms with Gasteiger partial charge in [-0.1, -0.05) is 6.07 Å². The number of aromatic nitrogens is 3. The minimum atomic E-state index is -0.276. The molecule has 0 aliphatic heterocycles. The lowest BCUT2D eigenvalue weighted by Gasteiger charge is -2.04. The van der Waals surface area contributed by atoms with Gasteiger partial charge >= 0.3 is 0 Å². The van der Waals surface area contributed by atoms with Crippen LogP contribution >= 0.6 is 0 Å². The minimum Gasteiger partial charge on any atom is -0.351 e. The average molecular weight is 260 g/mol. The summed E-state index contributed by atoms with van der Waals surface area (Å²) in [5.41, 5.74) is 2.22. The Morgan fingerprint density at radius 3 is 2.95 bits per heavy atom. The van der Waals surface area contributed by atoms with E-state index < -0.39 is 0 Å². The van der Waals surface area contributed by atoms with Crippen LogP contribution < -0.4 is 10.9 Å². The monoisotopic (exact) mass is 260 g/mol. The molecule has 0 saturated carbocycles. The van der Waals surface area contributed by atoms with Crippen molar-refractivity contribution in [3.63, 3.8) is 0 Å². The molecule has 2 heterocycles. The van der Waals surface area contributed by atoms with Crippen molar-refractivity contribution in [3.8, 4) is 0 Å². The maximum absolute atomic E-state index is 11.7. The van der Waals surface area contributed by atoms with Gasteiger partial charge in [0, 0.05) is 18.3 Å². The Hall–Kier alpha value is -2.37. The minimum absolute atomic E-state index is 0.262. The van der Waals surface area contributed by atoms with Gasteiger partial charge in [0.25, 0.3) is 5.91 Å². The lowest BCUT2D eigenvalue weighted by Crippen LogP contribution is -2.27. The number of hydrogen-bond acceptors (Lipinski definition) is 3. The summed E-state index contributed by atoms with van der Waals surface area (Å²) in [6.45, 7) is 2.52. The number of pyridine rings is 1. The Morgan fingerprint density at radius 2 is 2.26 bits per heavy atom. The van der Waals surface area contributed by atoms with Gasteiger partial charge in [-0.05, 0) is 31.4 Å². The van der Waals surface area contributed by atoms with Crippen molar-refractivity contribution < 1.29 is 4.79 Å². The summed E-state index contributed by atoms with van der Waals surface area (Å²) in [7, 11) is 0. The third-order valence-corrected chi connectivity index (χ3v) is 2.86. The van der Waals surface area contributed by atoms with Gasteiger partial charge in [-0.25, -0.2) is 0 Å². The molecule has 2 aromatic rings. The largest absolute Gasteiger partial charge is 0.351 e. The zero-order chi connectivity index (χ0) is 13.7. The first kappa shape index (κ1) is 13.1. The Bertz CT molecular complexity index is 615. The topological polar surface area (TPSA) is 90.6 Å². The van der Waals surface area contributed by atoms with Crippen molar-refractivity contribution in [3.05, 3.63) is 51.7 Å². The maximum Gasteiger partial charge on any atom is 0.267 e. The van der Waals surface area contributed by atoms with Gasteiger partial charge in [-0.15, -0.1) is 0 Å². The first-order valence-corrected chi connectivity index (χ1v) is 6.13. The highest BCUT2D eigenvalue weighted by Crippen LogP contribution is 2.05. The van der Waals surface area contributed by atoms with Gasteiger partial charge in [0.15, 0.2) is 0 Å². The molecule has 0 unspecified atom stereocenters. The molecule has 2 aromatic heterocycles. The molecule has 19 heavy (non-hydrogen) atoms. The number of nitrogens with one attached hydrogen (secondary N) is 3. The van der Waals surface area contributed by atoms with E-state index >= 15 is 0 Å². The fourth-order valence-electron chi connectivity index (χ4n) is 1.78. The van der Waals surface area contributed by atoms with Crippen LogP contribution in [0, 0.1) is 6.92 Å². The number of H-pyrrole nitrogens is 2. The number of aromatic amines is 2. The highest BCUT2D eigenvalue weighted by molar-refractivity contribution is 5.92. The maximum atomic E-state index is 11.7. The third-order valence-electron chi connectivity index (χ3n) is 2.86. The lowest BCUT2D eigenvalue weighted by molar-refractivity contribution is 0.0948. The molecule has 0 aliphatic carbocycles. The van der Waals surface area contributed by atoms with Gasteiger partial charge in [0.1, 0.15) is 5.69 Å². The molecule has 0 saturated heterocycles. The number of carbonyl (C=O) groups is 1. The van der Waals surface area contributed by atoms with Crippen LogP contribution in [0.2, 0.25) is 0 Å². The second-order valence-corrected chi connectivity index (χ2v) is 4.31. The molecule has 0 radical (unpaired) electrons. The standard InChI is InChI=1S/C13H16N4O2/c1-9-10(8-15-17-9)4-3-7-14-13(19)11-5-2-6-12(18)16-11/h2,5-6,8H,3-4,7H2,1H3,(H,14,19)(H,15,17)(H,16,18). The number of carbonyl (C=O) groups excluding carboxylic acids is 1. The van der Waals surface area contributed by atoms with E-state index in [-0.39, 0.29) is 17.2 Å². The number of hydrogen-bond donors (Lipinski definition) is 3. The summed E-state index contributed by atoms with van der Waals surface area (Å²) >= 11 is 0. The molecule has 100 valence electrons. The Kier molecular flexibility index (Phi) is 4.12. The second-order valence-electron chi connectivity index (χ2n) is 4.31. The van der Waals surface area contributed by atoms with E-state index in [1.165, 1.54) is 6.07 Å². The molecule has 0 spiro atoms. The molecule has 0 fully saturated rings. The summed E-state index contributed by atoms with van der Waals surface area (Å²) in [5, 5.41) is 9.58. The molecule has 0 aliphatic rings. The fourth-order valence-corrected chi connectivity index (χ4v) is 1.78. The number of rotatable bonds is 5. The number of nitrogens with zero attached hydrogens (tertiary/aromatic N) is 1. The van der Waals surface area contributed by atoms with Crippen molar-refractivity contribution in [1.82, 2.24) is 20.5 Å². The van der Waals surface area contributed by atoms with Gasteiger partial charge in [-0.3, -0.25) is 14.7 Å². The molecule has 0 bridgehead atoms. The summed E-state index contributed by atoms with van der Waals surface area (Å²) < 4.78 is 0. The van der Waals surface area contributed by atoms with Gasteiger partial charge < -0.3 is 10.3 Å². The zero-order valence-electron chi connectivity index (χ0n) is 10.7. The highest BCUT2D eigenvalue weighted by Gasteiger charge is 2.05. The van der Waals surface area contributed by atoms with Crippen LogP contribution in [0.5, 0.6) is 0 Å². The molecular formula is C13H16N4O2. The van der Waals surface area contributed by atoms with Crippen LogP contribution in [-0.2, 0) is 6.42 Å². The number of aryl methyl sites for hydroxylation is 2. The molecule has 0 atom stereocenters. The predicted octanol–water partition coefficient (Wildman–Crippen LogP) is 0.769. The van der Waals surface area contributed by atoms with Crippen molar-refractivity contribution >= 4 is 5.91 Å². The van der Waals surface area contributed by atoms with Crippen LogP contribution in [0.4, 0.5) is 0 Å². The SMILES string of the molecule is Cc1[nH]ncc1CCCNC(=O)c1cccc(=O)[nH]1. The first-order valence-electron chi connectivity index (χ1n) is 6.13. The van der Waals surface area contributed by atoms with Crippen molar-refractivity contribution in [2.75, 3.05) is 6.54 Å². The summed E-state index contributed by atoms with van der Waals surface area (Å²) in [5.74, 6) is -0.262. The zero-order valence-corrected chi connectivity index (χ0v) is 10.7. The van der Waals surface area contributed by atoms with Crippen LogP contribution in [0.3, 0.4) is 0 Å². The van der Waals surface area contributed by atoms with E-state index in [4.69, 9.17) is 0 Å². The molecule has 3 N–H and O–H groups in total. The lowest BCUT2D eigenvalue weighted by atomic mass is 10.1. The van der Waals surface area contributed by atoms with E-state index in [1.54, 1.807) is 18.3 Å². The fraction of sp³-hybridized carbons (Fsp3) is 0.308. The third kappa shape index (κ3) is 3.54. The summed E-state index contributed by atoms with van der Waals surface area (Å²) in [6.07, 6.45) is 3.48. The highest BCUT2D eigenvalue weighted by atomic mass is 16.2. The van der Waals surface area contributed by atoms with E-state index in [0.29, 0.717) is 6.54 Å². The second kappa shape index (κ2) is 5.99. The van der Waals surface area contributed by atoms with Crippen molar-refractivity contribution in [2.45, 2.75) is 19.8 Å². The van der Waals surface area contributed by atoms with E-state index in [9.17, 15) is 9.59 Å². The molecule has 6 nitrogen and oxygen atoms in total. The van der Waals surface area contributed by atoms with Crippen LogP contribution in [0.15, 0.2) is 29.2 Å². The summed E-state index contributed by atoms with van der Waals surface area (Å²) in [4.78, 5) is 25.3. The smallest absolute Gasteiger partial charge is 0.267 e. The summed E-state index contributed by atoms with van der Waals surface area (Å²) in [6, 6.07) is 4.51. The Balaban J connectivity index is 1.78. The van der Waals surface area contributed by atoms with Crippen molar-refractivity contribution in [2.24, 2.45) is 0 Å². The number of amides is 1. The molecule has 2 rings (SSSR count). The average Bonchev–Trinajstić information content (AvgIpc) is 2.80. The van der Waals surface area contributed by atoms with Crippen LogP contribution in [-0.4, -0.2) is 27.6 Å². The first-order chi connectivity index (χ1) is 9.16. The molecule has 1 amide bonds. The van der Waals surface area contributed by atoms with Gasteiger partial charge in [0.05, 0.1) is 6.20 Å². The molecule has 0 aromatic carbocycles. The van der Waals surface area contributed by atoms with E-state index in [0.717, 1.165) is 24.1 Å². The Labute approximate surface area is 110 Å². The Morgan fingerprint density at radius 1 is 1.42 bits per heavy atom. The van der Waals surface area contributed by atoms with Gasteiger partial charge in [0.2, 0.25) is 5.56 Å². The quantitative estimate of drug-likeness (QED) is 0.693.